The van der Waals surface area contributed by atoms with Gasteiger partial charge < -0.3 is 20.2 Å². The van der Waals surface area contributed by atoms with Crippen LogP contribution >= 0.6 is 11.8 Å². The molecular weight excluding hydrogens is 386 g/mol. The molecule has 0 saturated heterocycles. The Morgan fingerprint density at radius 1 is 1.18 bits per heavy atom. The maximum atomic E-state index is 12.3. The van der Waals surface area contributed by atoms with Gasteiger partial charge in [0.1, 0.15) is 5.76 Å². The van der Waals surface area contributed by atoms with Crippen LogP contribution in [0.1, 0.15) is 23.0 Å². The molecule has 0 saturated carbocycles. The van der Waals surface area contributed by atoms with E-state index in [1.165, 1.54) is 19.3 Å². The molecule has 1 aromatic carbocycles. The predicted molar refractivity (Wildman–Crippen MR) is 100 cm³/mol. The smallest absolute Gasteiger partial charge is 0.340 e. The first-order valence-electron chi connectivity index (χ1n) is 8.19. The Morgan fingerprint density at radius 2 is 1.93 bits per heavy atom. The van der Waals surface area contributed by atoms with Gasteiger partial charge in [-0.25, -0.2) is 9.59 Å². The number of ether oxygens (including phenoxy) is 1. The summed E-state index contributed by atoms with van der Waals surface area (Å²) < 4.78 is 10.2. The molecule has 0 radical (unpaired) electrons. The fourth-order valence-electron chi connectivity index (χ4n) is 2.05. The van der Waals surface area contributed by atoms with E-state index in [0.29, 0.717) is 10.7 Å². The quantitative estimate of drug-likeness (QED) is 0.446. The topological polar surface area (TPSA) is 141 Å². The number of imide groups is 1. The summed E-state index contributed by atoms with van der Waals surface area (Å²) >= 11 is 1.15. The van der Waals surface area contributed by atoms with E-state index in [4.69, 9.17) is 14.9 Å². The molecule has 0 aliphatic heterocycles. The van der Waals surface area contributed by atoms with Crippen LogP contribution in [0.25, 0.3) is 0 Å². The van der Waals surface area contributed by atoms with Crippen molar-refractivity contribution in [1.29, 1.82) is 0 Å². The number of primary amides is 1. The van der Waals surface area contributed by atoms with Crippen molar-refractivity contribution in [2.75, 3.05) is 5.75 Å². The van der Waals surface area contributed by atoms with Crippen LogP contribution in [0.5, 0.6) is 0 Å². The van der Waals surface area contributed by atoms with Gasteiger partial charge in [0, 0.05) is 4.90 Å². The Kier molecular flexibility index (Phi) is 7.64. The summed E-state index contributed by atoms with van der Waals surface area (Å²) in [5.41, 5.74) is 5.06. The summed E-state index contributed by atoms with van der Waals surface area (Å²) in [5, 5.41) is 4.54. The molecule has 0 bridgehead atoms. The van der Waals surface area contributed by atoms with Gasteiger partial charge in [-0.1, -0.05) is 12.1 Å². The fourth-order valence-corrected chi connectivity index (χ4v) is 2.93. The van der Waals surface area contributed by atoms with Crippen molar-refractivity contribution in [3.63, 3.8) is 0 Å². The van der Waals surface area contributed by atoms with Gasteiger partial charge in [0.05, 0.1) is 24.1 Å². The van der Waals surface area contributed by atoms with Crippen molar-refractivity contribution in [1.82, 2.24) is 10.6 Å². The molecule has 10 heteroatoms. The average Bonchev–Trinajstić information content (AvgIpc) is 3.18. The zero-order valence-electron chi connectivity index (χ0n) is 15.0. The zero-order valence-corrected chi connectivity index (χ0v) is 15.8. The lowest BCUT2D eigenvalue weighted by molar-refractivity contribution is -0.127. The molecule has 1 atom stereocenters. The summed E-state index contributed by atoms with van der Waals surface area (Å²) in [7, 11) is 0. The highest BCUT2D eigenvalue weighted by Crippen LogP contribution is 2.23. The average molecular weight is 405 g/mol. The zero-order chi connectivity index (χ0) is 20.5. The molecule has 4 N–H and O–H groups in total. The van der Waals surface area contributed by atoms with Crippen molar-refractivity contribution < 1.29 is 28.3 Å². The highest BCUT2D eigenvalue weighted by Gasteiger charge is 2.22. The summed E-state index contributed by atoms with van der Waals surface area (Å²) in [6.45, 7) is 1.58. The predicted octanol–water partition coefficient (Wildman–Crippen LogP) is 1.43. The normalized spacial score (nSPS) is 11.3. The number of esters is 1. The second-order valence-corrected chi connectivity index (χ2v) is 6.56. The van der Waals surface area contributed by atoms with E-state index in [0.717, 1.165) is 11.8 Å². The van der Waals surface area contributed by atoms with Gasteiger partial charge in [-0.15, -0.1) is 11.8 Å². The Morgan fingerprint density at radius 3 is 2.61 bits per heavy atom. The van der Waals surface area contributed by atoms with E-state index in [9.17, 15) is 19.2 Å². The number of hydrogen-bond donors (Lipinski definition) is 3. The molecule has 148 valence electrons. The van der Waals surface area contributed by atoms with Crippen molar-refractivity contribution in [3.8, 4) is 0 Å². The molecule has 0 unspecified atom stereocenters. The van der Waals surface area contributed by atoms with Gasteiger partial charge in [0.15, 0.2) is 6.10 Å². The van der Waals surface area contributed by atoms with E-state index < -0.39 is 24.0 Å². The summed E-state index contributed by atoms with van der Waals surface area (Å²) in [5.74, 6) is -1.12. The lowest BCUT2D eigenvalue weighted by atomic mass is 10.2. The highest BCUT2D eigenvalue weighted by molar-refractivity contribution is 8.00. The first-order valence-corrected chi connectivity index (χ1v) is 9.17. The Labute approximate surface area is 165 Å². The largest absolute Gasteiger partial charge is 0.467 e. The van der Waals surface area contributed by atoms with Gasteiger partial charge in [0.2, 0.25) is 5.91 Å². The van der Waals surface area contributed by atoms with Gasteiger partial charge in [-0.05, 0) is 31.2 Å². The number of carbonyl (C=O) groups excluding carboxylic acids is 4. The van der Waals surface area contributed by atoms with E-state index in [-0.39, 0.29) is 23.8 Å². The molecule has 0 spiro atoms. The van der Waals surface area contributed by atoms with E-state index in [1.807, 2.05) is 5.32 Å². The number of thioether (sulfide) groups is 1. The van der Waals surface area contributed by atoms with Crippen molar-refractivity contribution >= 4 is 35.6 Å². The maximum Gasteiger partial charge on any atom is 0.340 e. The third kappa shape index (κ3) is 6.47. The molecule has 28 heavy (non-hydrogen) atoms. The SMILES string of the molecule is C[C@@H](OC(=O)c1ccccc1SCC(=O)NCc1ccco1)C(=O)NC(N)=O. The minimum atomic E-state index is -1.21. The molecule has 0 aliphatic rings. The number of benzene rings is 1. The van der Waals surface area contributed by atoms with Crippen LogP contribution in [0, 0.1) is 0 Å². The highest BCUT2D eigenvalue weighted by atomic mass is 32.2. The van der Waals surface area contributed by atoms with Gasteiger partial charge in [-0.3, -0.25) is 14.9 Å². The van der Waals surface area contributed by atoms with Crippen LogP contribution < -0.4 is 16.4 Å². The molecule has 9 nitrogen and oxygen atoms in total. The van der Waals surface area contributed by atoms with E-state index in [2.05, 4.69) is 5.32 Å². The summed E-state index contributed by atoms with van der Waals surface area (Å²) in [4.78, 5) is 47.2. The minimum absolute atomic E-state index is 0.0721. The molecule has 0 fully saturated rings. The van der Waals surface area contributed by atoms with Crippen LogP contribution in [0.15, 0.2) is 52.0 Å². The number of nitrogens with one attached hydrogen (secondary N) is 2. The Balaban J connectivity index is 1.92. The standard InChI is InChI=1S/C18H19N3O6S/c1-11(16(23)21-18(19)25)27-17(24)13-6-2-3-7-14(13)28-10-15(22)20-9-12-5-4-8-26-12/h2-8,11H,9-10H2,1H3,(H,20,22)(H3,19,21,23,25)/t11-/m1/s1. The maximum absolute atomic E-state index is 12.3. The van der Waals surface area contributed by atoms with Crippen LogP contribution in [-0.2, 0) is 20.9 Å². The van der Waals surface area contributed by atoms with Gasteiger partial charge in [-0.2, -0.15) is 0 Å². The number of urea groups is 1. The lowest BCUT2D eigenvalue weighted by Crippen LogP contribution is -2.42. The van der Waals surface area contributed by atoms with E-state index in [1.54, 1.807) is 30.3 Å². The number of nitrogens with two attached hydrogens (primary N) is 1. The third-order valence-electron chi connectivity index (χ3n) is 3.41. The Bertz CT molecular complexity index is 853. The third-order valence-corrected chi connectivity index (χ3v) is 4.48. The number of hydrogen-bond acceptors (Lipinski definition) is 7. The monoisotopic (exact) mass is 405 g/mol. The molecule has 1 aromatic heterocycles. The van der Waals surface area contributed by atoms with Crippen molar-refractivity contribution in [2.24, 2.45) is 5.73 Å². The lowest BCUT2D eigenvalue weighted by Gasteiger charge is -2.14. The number of amides is 4. The van der Waals surface area contributed by atoms with Gasteiger partial charge in [0.25, 0.3) is 5.91 Å². The number of rotatable bonds is 8. The van der Waals surface area contributed by atoms with Crippen LogP contribution in [0.3, 0.4) is 0 Å². The van der Waals surface area contributed by atoms with Crippen LogP contribution in [0.2, 0.25) is 0 Å². The Hall–Kier alpha value is -3.27. The molecule has 1 heterocycles. The van der Waals surface area contributed by atoms with E-state index >= 15 is 0 Å². The first kappa shape index (κ1) is 21.0. The molecule has 2 rings (SSSR count). The van der Waals surface area contributed by atoms with Gasteiger partial charge >= 0.3 is 12.0 Å². The van der Waals surface area contributed by atoms with Crippen molar-refractivity contribution in [2.45, 2.75) is 24.5 Å². The fraction of sp³-hybridized carbons (Fsp3) is 0.222. The second kappa shape index (κ2) is 10.2. The van der Waals surface area contributed by atoms with Crippen molar-refractivity contribution in [3.05, 3.63) is 54.0 Å². The first-order chi connectivity index (χ1) is 13.4. The second-order valence-electron chi connectivity index (χ2n) is 5.54. The molecular formula is C18H19N3O6S. The molecule has 0 aliphatic carbocycles. The number of furan rings is 1. The minimum Gasteiger partial charge on any atom is -0.467 e. The summed E-state index contributed by atoms with van der Waals surface area (Å²) in [6, 6.07) is 8.95. The number of carbonyl (C=O) groups is 4. The van der Waals surface area contributed by atoms with Crippen LogP contribution in [-0.4, -0.2) is 35.7 Å². The van der Waals surface area contributed by atoms with Crippen LogP contribution in [0.4, 0.5) is 4.79 Å². The molecule has 2 aromatic rings. The molecule has 4 amide bonds. The summed E-state index contributed by atoms with van der Waals surface area (Å²) in [6.07, 6.45) is 0.303.